The Hall–Kier alpha value is -1.06. The molecule has 0 saturated heterocycles. The Morgan fingerprint density at radius 2 is 1.61 bits per heavy atom. The van der Waals surface area contributed by atoms with Crippen LogP contribution in [0.5, 0.6) is 0 Å². The van der Waals surface area contributed by atoms with Crippen LogP contribution in [0.1, 0.15) is 51.9 Å². The van der Waals surface area contributed by atoms with Gasteiger partial charge in [0.1, 0.15) is 0 Å². The second-order valence-electron chi connectivity index (χ2n) is 4.18. The van der Waals surface area contributed by atoms with Crippen LogP contribution in [0.25, 0.3) is 0 Å². The molecule has 0 aromatic carbocycles. The number of carbonyl (C=O) groups is 1. The van der Waals surface area contributed by atoms with Crippen LogP contribution in [0, 0.1) is 0 Å². The highest BCUT2D eigenvalue weighted by Crippen LogP contribution is 2.19. The molecule has 0 atom stereocenters. The summed E-state index contributed by atoms with van der Waals surface area (Å²) >= 11 is 0. The molecule has 0 saturated carbocycles. The Morgan fingerprint density at radius 1 is 1.00 bits per heavy atom. The van der Waals surface area contributed by atoms with Crippen molar-refractivity contribution < 1.29 is 18.0 Å². The summed E-state index contributed by atoms with van der Waals surface area (Å²) in [6.07, 6.45) is 7.91. The highest BCUT2D eigenvalue weighted by atomic mass is 19.4. The summed E-state index contributed by atoms with van der Waals surface area (Å²) in [6.45, 7) is 1.95. The van der Waals surface area contributed by atoms with Crippen LogP contribution in [-0.4, -0.2) is 12.0 Å². The number of alkyl halides is 3. The number of ketones is 1. The lowest BCUT2D eigenvalue weighted by atomic mass is 10.1. The summed E-state index contributed by atoms with van der Waals surface area (Å²) in [7, 11) is 0. The van der Waals surface area contributed by atoms with Crippen molar-refractivity contribution in [2.75, 3.05) is 0 Å². The van der Waals surface area contributed by atoms with E-state index in [0.717, 1.165) is 25.7 Å². The van der Waals surface area contributed by atoms with Crippen molar-refractivity contribution in [3.63, 3.8) is 0 Å². The molecule has 0 aliphatic heterocycles. The molecule has 0 spiro atoms. The minimum absolute atomic E-state index is 0.340. The van der Waals surface area contributed by atoms with Crippen LogP contribution in [0.4, 0.5) is 13.2 Å². The first kappa shape index (κ1) is 16.9. The average Bonchev–Trinajstić information content (AvgIpc) is 2.30. The lowest BCUT2D eigenvalue weighted by molar-refractivity contribution is -0.171. The van der Waals surface area contributed by atoms with Crippen molar-refractivity contribution in [1.29, 1.82) is 0 Å². The molecule has 0 amide bonds. The molecule has 0 heterocycles. The molecule has 18 heavy (non-hydrogen) atoms. The van der Waals surface area contributed by atoms with Gasteiger partial charge in [-0.2, -0.15) is 13.2 Å². The quantitative estimate of drug-likeness (QED) is 0.423. The molecule has 4 heteroatoms. The van der Waals surface area contributed by atoms with Gasteiger partial charge in [-0.1, -0.05) is 43.6 Å². The second-order valence-corrected chi connectivity index (χ2v) is 4.18. The molecular weight excluding hydrogens is 241 g/mol. The van der Waals surface area contributed by atoms with E-state index in [9.17, 15) is 18.0 Å². The Morgan fingerprint density at radius 3 is 2.22 bits per heavy atom. The topological polar surface area (TPSA) is 17.1 Å². The first-order chi connectivity index (χ1) is 8.48. The molecule has 0 unspecified atom stereocenters. The van der Waals surface area contributed by atoms with Gasteiger partial charge in [-0.05, 0) is 26.2 Å². The van der Waals surface area contributed by atoms with E-state index in [1.54, 1.807) is 0 Å². The highest BCUT2D eigenvalue weighted by Gasteiger charge is 2.36. The van der Waals surface area contributed by atoms with Gasteiger partial charge in [0.05, 0.1) is 0 Å². The number of halogens is 3. The molecule has 0 radical (unpaired) electrons. The third kappa shape index (κ3) is 10.1. The smallest absolute Gasteiger partial charge is 0.290 e. The van der Waals surface area contributed by atoms with E-state index in [1.165, 1.54) is 0 Å². The van der Waals surface area contributed by atoms with Crippen LogP contribution in [0.15, 0.2) is 24.3 Å². The third-order valence-electron chi connectivity index (χ3n) is 2.53. The van der Waals surface area contributed by atoms with E-state index in [0.29, 0.717) is 12.8 Å². The van der Waals surface area contributed by atoms with E-state index < -0.39 is 12.0 Å². The zero-order chi connectivity index (χ0) is 13.9. The van der Waals surface area contributed by atoms with Crippen molar-refractivity contribution >= 4 is 5.78 Å². The number of unbranched alkanes of at least 4 members (excludes halogenated alkanes) is 5. The number of hydrogen-bond acceptors (Lipinski definition) is 1. The molecule has 0 aliphatic rings. The van der Waals surface area contributed by atoms with Gasteiger partial charge in [0.25, 0.3) is 0 Å². The number of carbonyl (C=O) groups excluding carboxylic acids is 1. The maximum absolute atomic E-state index is 11.9. The predicted octanol–water partition coefficient (Wildman–Crippen LogP) is 4.98. The zero-order valence-electron chi connectivity index (χ0n) is 10.8. The molecule has 0 rings (SSSR count). The van der Waals surface area contributed by atoms with Gasteiger partial charge < -0.3 is 0 Å². The van der Waals surface area contributed by atoms with Gasteiger partial charge in [0, 0.05) is 6.42 Å². The molecule has 0 fully saturated rings. The Bertz CT molecular complexity index is 277. The lowest BCUT2D eigenvalue weighted by Crippen LogP contribution is -2.22. The molecule has 0 aromatic rings. The van der Waals surface area contributed by atoms with Gasteiger partial charge in [-0.15, -0.1) is 0 Å². The molecule has 0 N–H and O–H groups in total. The SMILES string of the molecule is C/C=C/C=C/CCCCCCCC(=O)C(F)(F)F. The Balaban J connectivity index is 3.34. The van der Waals surface area contributed by atoms with E-state index >= 15 is 0 Å². The standard InChI is InChI=1S/C14H21F3O/c1-2-3-4-5-6-7-8-9-10-11-12-13(18)14(15,16)17/h2-5H,6-12H2,1H3/b3-2+,5-4+. The van der Waals surface area contributed by atoms with Gasteiger partial charge in [0.2, 0.25) is 5.78 Å². The minimum atomic E-state index is -4.66. The summed E-state index contributed by atoms with van der Waals surface area (Å²) in [6, 6.07) is 0. The normalized spacial score (nSPS) is 12.7. The number of Topliss-reactive ketones (excluding diaryl/α,β-unsaturated/α-hetero) is 1. The monoisotopic (exact) mass is 262 g/mol. The Kier molecular flexibility index (Phi) is 9.33. The summed E-state index contributed by atoms with van der Waals surface area (Å²) < 4.78 is 35.6. The Labute approximate surface area is 107 Å². The van der Waals surface area contributed by atoms with Gasteiger partial charge >= 0.3 is 6.18 Å². The fraction of sp³-hybridized carbons (Fsp3) is 0.643. The van der Waals surface area contributed by atoms with E-state index in [1.807, 2.05) is 25.2 Å². The summed E-state index contributed by atoms with van der Waals surface area (Å²) in [5.74, 6) is -1.60. The van der Waals surface area contributed by atoms with Crippen LogP contribution >= 0.6 is 0 Å². The predicted molar refractivity (Wildman–Crippen MR) is 67.3 cm³/mol. The fourth-order valence-corrected chi connectivity index (χ4v) is 1.51. The fourth-order valence-electron chi connectivity index (χ4n) is 1.51. The largest absolute Gasteiger partial charge is 0.449 e. The van der Waals surface area contributed by atoms with Gasteiger partial charge in [0.15, 0.2) is 0 Å². The van der Waals surface area contributed by atoms with Crippen molar-refractivity contribution in [3.05, 3.63) is 24.3 Å². The van der Waals surface area contributed by atoms with Crippen molar-refractivity contribution in [2.45, 2.75) is 58.0 Å². The average molecular weight is 262 g/mol. The molecule has 0 aromatic heterocycles. The summed E-state index contributed by atoms with van der Waals surface area (Å²) in [5.41, 5.74) is 0. The van der Waals surface area contributed by atoms with Crippen molar-refractivity contribution in [3.8, 4) is 0 Å². The van der Waals surface area contributed by atoms with E-state index in [-0.39, 0.29) is 6.42 Å². The zero-order valence-corrected chi connectivity index (χ0v) is 10.8. The number of rotatable bonds is 9. The molecule has 1 nitrogen and oxygen atoms in total. The van der Waals surface area contributed by atoms with Gasteiger partial charge in [-0.3, -0.25) is 4.79 Å². The van der Waals surface area contributed by atoms with Gasteiger partial charge in [-0.25, -0.2) is 0 Å². The first-order valence-electron chi connectivity index (χ1n) is 6.36. The van der Waals surface area contributed by atoms with Crippen LogP contribution in [0.3, 0.4) is 0 Å². The minimum Gasteiger partial charge on any atom is -0.290 e. The molecule has 0 aliphatic carbocycles. The third-order valence-corrected chi connectivity index (χ3v) is 2.53. The molecular formula is C14H21F3O. The van der Waals surface area contributed by atoms with Crippen LogP contribution in [0.2, 0.25) is 0 Å². The first-order valence-corrected chi connectivity index (χ1v) is 6.36. The lowest BCUT2D eigenvalue weighted by Gasteiger charge is -2.04. The van der Waals surface area contributed by atoms with Crippen molar-refractivity contribution in [2.24, 2.45) is 0 Å². The van der Waals surface area contributed by atoms with Crippen LogP contribution in [-0.2, 0) is 4.79 Å². The van der Waals surface area contributed by atoms with Crippen molar-refractivity contribution in [1.82, 2.24) is 0 Å². The maximum atomic E-state index is 11.9. The number of allylic oxidation sites excluding steroid dienone is 4. The molecule has 104 valence electrons. The molecule has 0 bridgehead atoms. The van der Waals surface area contributed by atoms with E-state index in [4.69, 9.17) is 0 Å². The summed E-state index contributed by atoms with van der Waals surface area (Å²) in [4.78, 5) is 10.6. The van der Waals surface area contributed by atoms with Crippen LogP contribution < -0.4 is 0 Å². The van der Waals surface area contributed by atoms with E-state index in [2.05, 4.69) is 6.08 Å². The summed E-state index contributed by atoms with van der Waals surface area (Å²) in [5, 5.41) is 0. The second kappa shape index (κ2) is 9.92. The number of hydrogen-bond donors (Lipinski definition) is 0. The highest BCUT2D eigenvalue weighted by molar-refractivity contribution is 5.83. The maximum Gasteiger partial charge on any atom is 0.449 e.